The summed E-state index contributed by atoms with van der Waals surface area (Å²) >= 11 is 0. The van der Waals surface area contributed by atoms with Gasteiger partial charge in [-0.15, -0.1) is 0 Å². The van der Waals surface area contributed by atoms with Gasteiger partial charge in [0.25, 0.3) is 0 Å². The van der Waals surface area contributed by atoms with E-state index in [-0.39, 0.29) is 16.4 Å². The van der Waals surface area contributed by atoms with E-state index in [1.54, 1.807) is 0 Å². The summed E-state index contributed by atoms with van der Waals surface area (Å²) < 4.78 is 27.3. The Morgan fingerprint density at radius 1 is 1.21 bits per heavy atom. The molecule has 2 rings (SSSR count). The second kappa shape index (κ2) is 8.06. The van der Waals surface area contributed by atoms with E-state index in [4.69, 9.17) is 5.73 Å². The molecule has 1 saturated heterocycles. The lowest BCUT2D eigenvalue weighted by Gasteiger charge is -2.33. The smallest absolute Gasteiger partial charge is 0.248 e. The van der Waals surface area contributed by atoms with Gasteiger partial charge in [0.1, 0.15) is 0 Å². The second-order valence-electron chi connectivity index (χ2n) is 6.45. The van der Waals surface area contributed by atoms with Crippen molar-refractivity contribution in [2.24, 2.45) is 11.7 Å². The van der Waals surface area contributed by atoms with E-state index in [0.717, 1.165) is 32.7 Å². The molecule has 1 atom stereocenters. The van der Waals surface area contributed by atoms with Gasteiger partial charge in [0, 0.05) is 44.8 Å². The Kier molecular flexibility index (Phi) is 6.34. The van der Waals surface area contributed by atoms with Gasteiger partial charge < -0.3 is 15.5 Å². The van der Waals surface area contributed by atoms with Gasteiger partial charge in [-0.3, -0.25) is 4.79 Å². The minimum Gasteiger partial charge on any atom is -0.366 e. The normalized spacial score (nSPS) is 18.4. The van der Waals surface area contributed by atoms with E-state index >= 15 is 0 Å². The Bertz CT molecular complexity index is 652. The standard InChI is InChI=1S/C16H26N4O3S/c1-13(12-20-9-7-19(2)8-10-20)11-18-24(22,23)15-5-3-14(4-6-15)16(17)21/h3-6,13,18H,7-12H2,1-2H3,(H2,17,21). The number of hydrogen-bond acceptors (Lipinski definition) is 5. The molecule has 0 aliphatic carbocycles. The number of nitrogens with zero attached hydrogens (tertiary/aromatic N) is 2. The van der Waals surface area contributed by atoms with E-state index < -0.39 is 15.9 Å². The minimum atomic E-state index is -3.58. The third-order valence-corrected chi connectivity index (χ3v) is 5.68. The molecule has 0 radical (unpaired) electrons. The highest BCUT2D eigenvalue weighted by Crippen LogP contribution is 2.11. The van der Waals surface area contributed by atoms with Gasteiger partial charge in [-0.1, -0.05) is 6.92 Å². The Morgan fingerprint density at radius 2 is 1.79 bits per heavy atom. The van der Waals surface area contributed by atoms with Crippen LogP contribution >= 0.6 is 0 Å². The second-order valence-corrected chi connectivity index (χ2v) is 8.22. The average molecular weight is 354 g/mol. The molecule has 1 aliphatic rings. The number of sulfonamides is 1. The third kappa shape index (κ3) is 5.27. The molecular weight excluding hydrogens is 328 g/mol. The number of hydrogen-bond donors (Lipinski definition) is 2. The highest BCUT2D eigenvalue weighted by molar-refractivity contribution is 7.89. The number of rotatable bonds is 7. The van der Waals surface area contributed by atoms with Gasteiger partial charge in [0.05, 0.1) is 4.90 Å². The summed E-state index contributed by atoms with van der Waals surface area (Å²) in [6, 6.07) is 5.64. The van der Waals surface area contributed by atoms with Crippen molar-refractivity contribution in [1.29, 1.82) is 0 Å². The summed E-state index contributed by atoms with van der Waals surface area (Å²) in [6.45, 7) is 7.42. The first-order valence-corrected chi connectivity index (χ1v) is 9.56. The SMILES string of the molecule is CC(CNS(=O)(=O)c1ccc(C(N)=O)cc1)CN1CCN(C)CC1. The quantitative estimate of drug-likeness (QED) is 0.716. The van der Waals surface area contributed by atoms with Crippen LogP contribution in [-0.2, 0) is 10.0 Å². The molecule has 134 valence electrons. The molecule has 3 N–H and O–H groups in total. The molecule has 0 spiro atoms. The summed E-state index contributed by atoms with van der Waals surface area (Å²) in [6.07, 6.45) is 0. The lowest BCUT2D eigenvalue weighted by Crippen LogP contribution is -2.46. The number of nitrogens with one attached hydrogen (secondary N) is 1. The first-order valence-electron chi connectivity index (χ1n) is 8.08. The molecule has 0 aromatic heterocycles. The summed E-state index contributed by atoms with van der Waals surface area (Å²) in [7, 11) is -1.47. The molecule has 7 nitrogen and oxygen atoms in total. The number of piperazine rings is 1. The van der Waals surface area contributed by atoms with Crippen molar-refractivity contribution in [2.45, 2.75) is 11.8 Å². The lowest BCUT2D eigenvalue weighted by molar-refractivity contribution is 0.1000. The fourth-order valence-electron chi connectivity index (χ4n) is 2.67. The van der Waals surface area contributed by atoms with Crippen molar-refractivity contribution in [3.63, 3.8) is 0 Å². The van der Waals surface area contributed by atoms with Crippen LogP contribution in [0.4, 0.5) is 0 Å². The summed E-state index contributed by atoms with van der Waals surface area (Å²) in [4.78, 5) is 15.8. The van der Waals surface area contributed by atoms with Gasteiger partial charge in [-0.2, -0.15) is 0 Å². The van der Waals surface area contributed by atoms with Crippen LogP contribution in [0.5, 0.6) is 0 Å². The van der Waals surface area contributed by atoms with Crippen molar-refractivity contribution in [3.05, 3.63) is 29.8 Å². The number of amides is 1. The summed E-state index contributed by atoms with van der Waals surface area (Å²) in [5.41, 5.74) is 5.45. The zero-order chi connectivity index (χ0) is 17.7. The monoisotopic (exact) mass is 354 g/mol. The van der Waals surface area contributed by atoms with Crippen LogP contribution in [0.1, 0.15) is 17.3 Å². The minimum absolute atomic E-state index is 0.138. The number of carbonyl (C=O) groups excluding carboxylic acids is 1. The lowest BCUT2D eigenvalue weighted by atomic mass is 10.1. The van der Waals surface area contributed by atoms with Crippen LogP contribution in [0.25, 0.3) is 0 Å². The van der Waals surface area contributed by atoms with Gasteiger partial charge in [-0.25, -0.2) is 13.1 Å². The molecule has 1 fully saturated rings. The fraction of sp³-hybridized carbons (Fsp3) is 0.562. The zero-order valence-corrected chi connectivity index (χ0v) is 15.1. The number of benzene rings is 1. The molecule has 1 aromatic rings. The molecule has 8 heteroatoms. The van der Waals surface area contributed by atoms with E-state index in [1.807, 2.05) is 6.92 Å². The number of carbonyl (C=O) groups is 1. The van der Waals surface area contributed by atoms with Crippen molar-refractivity contribution in [2.75, 3.05) is 46.3 Å². The van der Waals surface area contributed by atoms with Crippen LogP contribution in [0.3, 0.4) is 0 Å². The van der Waals surface area contributed by atoms with Crippen LogP contribution in [0.2, 0.25) is 0 Å². The Hall–Kier alpha value is -1.48. The zero-order valence-electron chi connectivity index (χ0n) is 14.2. The van der Waals surface area contributed by atoms with E-state index in [0.29, 0.717) is 6.54 Å². The average Bonchev–Trinajstić information content (AvgIpc) is 2.55. The van der Waals surface area contributed by atoms with Gasteiger partial charge in [0.15, 0.2) is 0 Å². The van der Waals surface area contributed by atoms with E-state index in [9.17, 15) is 13.2 Å². The highest BCUT2D eigenvalue weighted by atomic mass is 32.2. The van der Waals surface area contributed by atoms with Crippen LogP contribution in [0, 0.1) is 5.92 Å². The van der Waals surface area contributed by atoms with Gasteiger partial charge in [0.2, 0.25) is 15.9 Å². The highest BCUT2D eigenvalue weighted by Gasteiger charge is 2.19. The maximum Gasteiger partial charge on any atom is 0.248 e. The molecule has 1 aromatic carbocycles. The number of likely N-dealkylation sites (N-methyl/N-ethyl adjacent to an activating group) is 1. The number of primary amides is 1. The van der Waals surface area contributed by atoms with Crippen LogP contribution in [-0.4, -0.2) is 70.4 Å². The molecule has 0 bridgehead atoms. The van der Waals surface area contributed by atoms with E-state index in [2.05, 4.69) is 21.6 Å². The first kappa shape index (κ1) is 18.9. The summed E-state index contributed by atoms with van der Waals surface area (Å²) in [5.74, 6) is -0.360. The van der Waals surface area contributed by atoms with Gasteiger partial charge in [-0.05, 0) is 37.2 Å². The molecule has 24 heavy (non-hydrogen) atoms. The largest absolute Gasteiger partial charge is 0.366 e. The molecular formula is C16H26N4O3S. The number of nitrogens with two attached hydrogens (primary N) is 1. The van der Waals surface area contributed by atoms with Crippen LogP contribution in [0.15, 0.2) is 29.2 Å². The first-order chi connectivity index (χ1) is 11.3. The topological polar surface area (TPSA) is 95.7 Å². The molecule has 1 amide bonds. The Balaban J connectivity index is 1.86. The Labute approximate surface area is 143 Å². The van der Waals surface area contributed by atoms with Crippen molar-refractivity contribution in [1.82, 2.24) is 14.5 Å². The predicted molar refractivity (Wildman–Crippen MR) is 93.2 cm³/mol. The van der Waals surface area contributed by atoms with Crippen molar-refractivity contribution < 1.29 is 13.2 Å². The fourth-order valence-corrected chi connectivity index (χ4v) is 3.83. The van der Waals surface area contributed by atoms with Gasteiger partial charge >= 0.3 is 0 Å². The maximum absolute atomic E-state index is 12.3. The molecule has 1 heterocycles. The molecule has 1 unspecified atom stereocenters. The predicted octanol–water partition coefficient (Wildman–Crippen LogP) is -0.0527. The molecule has 1 aliphatic heterocycles. The summed E-state index contributed by atoms with van der Waals surface area (Å²) in [5, 5.41) is 0. The van der Waals surface area contributed by atoms with Crippen molar-refractivity contribution in [3.8, 4) is 0 Å². The van der Waals surface area contributed by atoms with Crippen LogP contribution < -0.4 is 10.5 Å². The maximum atomic E-state index is 12.3. The third-order valence-electron chi connectivity index (χ3n) is 4.24. The molecule has 0 saturated carbocycles. The Morgan fingerprint density at radius 3 is 2.33 bits per heavy atom. The van der Waals surface area contributed by atoms with Crippen molar-refractivity contribution >= 4 is 15.9 Å². The van der Waals surface area contributed by atoms with E-state index in [1.165, 1.54) is 24.3 Å².